The average Bonchev–Trinajstić information content (AvgIpc) is 3.42. The van der Waals surface area contributed by atoms with Crippen LogP contribution in [0, 0.1) is 0 Å². The number of benzene rings is 2. The molecule has 0 bridgehead atoms. The first-order chi connectivity index (χ1) is 15.0. The van der Waals surface area contributed by atoms with Crippen LogP contribution >= 0.6 is 11.3 Å². The third-order valence-electron chi connectivity index (χ3n) is 6.18. The van der Waals surface area contributed by atoms with Gasteiger partial charge in [0.25, 0.3) is 0 Å². The van der Waals surface area contributed by atoms with Gasteiger partial charge in [-0.3, -0.25) is 9.59 Å². The SMILES string of the molecule is CC(C)c1ccc2c(c1)[C@]1(CC(=O)Nc3c1cnn3-c1nc3ccccc3s1)C(=O)N2. The van der Waals surface area contributed by atoms with Gasteiger partial charge in [-0.1, -0.05) is 49.4 Å². The number of carbonyl (C=O) groups is 2. The second kappa shape index (κ2) is 6.24. The van der Waals surface area contributed by atoms with Gasteiger partial charge in [0.05, 0.1) is 16.4 Å². The molecule has 6 rings (SSSR count). The van der Waals surface area contributed by atoms with Crippen LogP contribution in [0.3, 0.4) is 0 Å². The number of rotatable bonds is 2. The second-order valence-electron chi connectivity index (χ2n) is 8.33. The van der Waals surface area contributed by atoms with Crippen LogP contribution in [0.15, 0.2) is 48.7 Å². The number of nitrogens with zero attached hydrogens (tertiary/aromatic N) is 3. The van der Waals surface area contributed by atoms with Crippen LogP contribution in [0.4, 0.5) is 11.5 Å². The summed E-state index contributed by atoms with van der Waals surface area (Å²) in [7, 11) is 0. The molecule has 0 aliphatic carbocycles. The van der Waals surface area contributed by atoms with E-state index in [0.29, 0.717) is 22.4 Å². The Morgan fingerprint density at radius 3 is 2.74 bits per heavy atom. The van der Waals surface area contributed by atoms with Gasteiger partial charge in [0, 0.05) is 17.7 Å². The van der Waals surface area contributed by atoms with Crippen molar-refractivity contribution in [2.75, 3.05) is 10.6 Å². The van der Waals surface area contributed by atoms with E-state index in [1.54, 1.807) is 10.9 Å². The zero-order valence-corrected chi connectivity index (χ0v) is 17.8. The van der Waals surface area contributed by atoms with E-state index in [2.05, 4.69) is 40.6 Å². The van der Waals surface area contributed by atoms with Crippen LogP contribution < -0.4 is 10.6 Å². The molecule has 2 amide bonds. The molecule has 2 aromatic carbocycles. The van der Waals surface area contributed by atoms with Crippen molar-refractivity contribution < 1.29 is 9.59 Å². The molecule has 0 saturated carbocycles. The maximum absolute atomic E-state index is 13.3. The molecule has 0 fully saturated rings. The van der Waals surface area contributed by atoms with Gasteiger partial charge in [0.2, 0.25) is 16.9 Å². The lowest BCUT2D eigenvalue weighted by Gasteiger charge is -2.31. The Morgan fingerprint density at radius 1 is 1.10 bits per heavy atom. The molecule has 31 heavy (non-hydrogen) atoms. The predicted molar refractivity (Wildman–Crippen MR) is 120 cm³/mol. The lowest BCUT2D eigenvalue weighted by Crippen LogP contribution is -2.43. The van der Waals surface area contributed by atoms with Crippen LogP contribution in [0.5, 0.6) is 0 Å². The van der Waals surface area contributed by atoms with Crippen LogP contribution in [0.25, 0.3) is 15.3 Å². The molecule has 8 heteroatoms. The second-order valence-corrected chi connectivity index (χ2v) is 9.34. The minimum atomic E-state index is -1.09. The van der Waals surface area contributed by atoms with E-state index in [9.17, 15) is 9.59 Å². The van der Waals surface area contributed by atoms with Crippen molar-refractivity contribution in [1.82, 2.24) is 14.8 Å². The minimum Gasteiger partial charge on any atom is -0.325 e. The Bertz CT molecular complexity index is 1370. The number of thiazole rings is 1. The molecule has 0 radical (unpaired) electrons. The van der Waals surface area contributed by atoms with Crippen LogP contribution in [0.2, 0.25) is 0 Å². The molecule has 0 unspecified atom stereocenters. The van der Waals surface area contributed by atoms with Crippen molar-refractivity contribution in [1.29, 1.82) is 0 Å². The first-order valence-electron chi connectivity index (χ1n) is 10.2. The number of hydrogen-bond acceptors (Lipinski definition) is 5. The van der Waals surface area contributed by atoms with Gasteiger partial charge in [-0.25, -0.2) is 4.98 Å². The van der Waals surface area contributed by atoms with E-state index in [-0.39, 0.29) is 18.2 Å². The molecule has 0 saturated heterocycles. The van der Waals surface area contributed by atoms with E-state index < -0.39 is 5.41 Å². The van der Waals surface area contributed by atoms with E-state index >= 15 is 0 Å². The van der Waals surface area contributed by atoms with Crippen LogP contribution in [-0.2, 0) is 15.0 Å². The standard InChI is InChI=1S/C23H19N5O2S/c1-12(2)13-7-8-16-14(9-13)23(21(30)25-16)10-19(29)27-20-15(23)11-24-28(20)22-26-17-5-3-4-6-18(17)31-22/h3-9,11-12H,10H2,1-2H3,(H,25,30)(H,27,29)/t23-/m0/s1. The molecule has 2 N–H and O–H groups in total. The summed E-state index contributed by atoms with van der Waals surface area (Å²) < 4.78 is 2.67. The van der Waals surface area contributed by atoms with Gasteiger partial charge in [0.15, 0.2) is 0 Å². The van der Waals surface area contributed by atoms with Crippen molar-refractivity contribution in [3.05, 3.63) is 65.4 Å². The summed E-state index contributed by atoms with van der Waals surface area (Å²) in [6.07, 6.45) is 1.74. The molecule has 1 spiro atoms. The maximum atomic E-state index is 13.3. The number of para-hydroxylation sites is 1. The Hall–Kier alpha value is -3.52. The van der Waals surface area contributed by atoms with Crippen LogP contribution in [0.1, 0.15) is 42.9 Å². The molecule has 1 atom stereocenters. The third kappa shape index (κ3) is 2.45. The van der Waals surface area contributed by atoms with E-state index in [1.807, 2.05) is 36.4 Å². The molecular weight excluding hydrogens is 410 g/mol. The Kier molecular flexibility index (Phi) is 3.68. The average molecular weight is 430 g/mol. The fourth-order valence-corrected chi connectivity index (χ4v) is 5.50. The zero-order chi connectivity index (χ0) is 21.3. The highest BCUT2D eigenvalue weighted by molar-refractivity contribution is 7.20. The summed E-state index contributed by atoms with van der Waals surface area (Å²) in [5, 5.41) is 11.1. The van der Waals surface area contributed by atoms with Crippen molar-refractivity contribution in [3.8, 4) is 5.13 Å². The Labute approximate surface area is 182 Å². The first kappa shape index (κ1) is 18.3. The number of amides is 2. The topological polar surface area (TPSA) is 88.9 Å². The smallest absolute Gasteiger partial charge is 0.240 e. The number of carbonyl (C=O) groups excluding carboxylic acids is 2. The number of hydrogen-bond donors (Lipinski definition) is 2. The minimum absolute atomic E-state index is 0.0475. The largest absolute Gasteiger partial charge is 0.325 e. The normalized spacial score (nSPS) is 19.6. The van der Waals surface area contributed by atoms with Gasteiger partial charge >= 0.3 is 0 Å². The zero-order valence-electron chi connectivity index (χ0n) is 17.0. The lowest BCUT2D eigenvalue weighted by atomic mass is 9.71. The molecular formula is C23H19N5O2S. The van der Waals surface area contributed by atoms with Gasteiger partial charge in [-0.2, -0.15) is 9.78 Å². The summed E-state index contributed by atoms with van der Waals surface area (Å²) in [6, 6.07) is 13.9. The highest BCUT2D eigenvalue weighted by atomic mass is 32.1. The van der Waals surface area contributed by atoms with Gasteiger partial charge in [-0.05, 0) is 35.2 Å². The number of nitrogens with one attached hydrogen (secondary N) is 2. The summed E-state index contributed by atoms with van der Waals surface area (Å²) in [5.41, 5.74) is 3.19. The number of fused-ring (bicyclic) bond motifs is 5. The maximum Gasteiger partial charge on any atom is 0.240 e. The fraction of sp³-hybridized carbons (Fsp3) is 0.217. The van der Waals surface area contributed by atoms with E-state index in [0.717, 1.165) is 27.0 Å². The van der Waals surface area contributed by atoms with E-state index in [4.69, 9.17) is 0 Å². The molecule has 154 valence electrons. The monoisotopic (exact) mass is 429 g/mol. The summed E-state index contributed by atoms with van der Waals surface area (Å²) in [4.78, 5) is 30.9. The van der Waals surface area contributed by atoms with E-state index in [1.165, 1.54) is 11.3 Å². The lowest BCUT2D eigenvalue weighted by molar-refractivity contribution is -0.125. The summed E-state index contributed by atoms with van der Waals surface area (Å²) >= 11 is 1.49. The molecule has 2 aromatic heterocycles. The van der Waals surface area contributed by atoms with Crippen molar-refractivity contribution >= 4 is 44.9 Å². The summed E-state index contributed by atoms with van der Waals surface area (Å²) in [5.74, 6) is 0.408. The predicted octanol–water partition coefficient (Wildman–Crippen LogP) is 4.19. The number of aromatic nitrogens is 3. The van der Waals surface area contributed by atoms with Gasteiger partial charge < -0.3 is 10.6 Å². The van der Waals surface area contributed by atoms with Crippen molar-refractivity contribution in [2.24, 2.45) is 0 Å². The quantitative estimate of drug-likeness (QED) is 0.500. The molecule has 2 aliphatic rings. The number of anilines is 2. The van der Waals surface area contributed by atoms with Gasteiger partial charge in [-0.15, -0.1) is 0 Å². The highest BCUT2D eigenvalue weighted by Gasteiger charge is 2.54. The molecule has 4 aromatic rings. The van der Waals surface area contributed by atoms with Crippen LogP contribution in [-0.4, -0.2) is 26.6 Å². The molecule has 7 nitrogen and oxygen atoms in total. The third-order valence-corrected chi connectivity index (χ3v) is 7.19. The Morgan fingerprint density at radius 2 is 1.94 bits per heavy atom. The van der Waals surface area contributed by atoms with Crippen molar-refractivity contribution in [3.63, 3.8) is 0 Å². The fourth-order valence-electron chi connectivity index (χ4n) is 4.57. The highest BCUT2D eigenvalue weighted by Crippen LogP contribution is 2.50. The summed E-state index contributed by atoms with van der Waals surface area (Å²) in [6.45, 7) is 4.23. The van der Waals surface area contributed by atoms with Crippen molar-refractivity contribution in [2.45, 2.75) is 31.6 Å². The Balaban J connectivity index is 1.58. The van der Waals surface area contributed by atoms with Gasteiger partial charge in [0.1, 0.15) is 11.2 Å². The molecule has 2 aliphatic heterocycles. The molecule has 4 heterocycles. The first-order valence-corrected chi connectivity index (χ1v) is 11.0.